The molecule has 0 aromatic heterocycles. The fraction of sp³-hybridized carbons (Fsp3) is 0.941. The Labute approximate surface area is 120 Å². The predicted molar refractivity (Wildman–Crippen MR) is 82.4 cm³/mol. The summed E-state index contributed by atoms with van der Waals surface area (Å²) in [7, 11) is 0. The molecule has 0 spiro atoms. The van der Waals surface area contributed by atoms with Crippen LogP contribution in [0.5, 0.6) is 0 Å². The zero-order chi connectivity index (χ0) is 14.5. The maximum Gasteiger partial charge on any atom is 0.303 e. The van der Waals surface area contributed by atoms with E-state index in [0.717, 1.165) is 6.42 Å². The summed E-state index contributed by atoms with van der Waals surface area (Å²) in [6.07, 6.45) is 13.6. The lowest BCUT2D eigenvalue weighted by Crippen LogP contribution is -2.08. The van der Waals surface area contributed by atoms with Crippen LogP contribution in [0.25, 0.3) is 0 Å². The predicted octanol–water partition coefficient (Wildman–Crippen LogP) is 5.65. The van der Waals surface area contributed by atoms with Gasteiger partial charge >= 0.3 is 5.97 Å². The first-order valence-corrected chi connectivity index (χ1v) is 8.28. The van der Waals surface area contributed by atoms with Crippen molar-refractivity contribution in [2.45, 2.75) is 91.4 Å². The smallest absolute Gasteiger partial charge is 0.303 e. The van der Waals surface area contributed by atoms with E-state index in [2.05, 4.69) is 20.8 Å². The molecule has 0 saturated heterocycles. The van der Waals surface area contributed by atoms with Gasteiger partial charge in [0, 0.05) is 6.42 Å². The monoisotopic (exact) mass is 270 g/mol. The second kappa shape index (κ2) is 12.5. The number of hydrogen-bond acceptors (Lipinski definition) is 1. The molecule has 1 N–H and O–H groups in total. The van der Waals surface area contributed by atoms with Crippen LogP contribution in [0.15, 0.2) is 0 Å². The van der Waals surface area contributed by atoms with Gasteiger partial charge in [-0.05, 0) is 18.3 Å². The van der Waals surface area contributed by atoms with E-state index >= 15 is 0 Å². The van der Waals surface area contributed by atoms with Crippen molar-refractivity contribution in [1.82, 2.24) is 0 Å². The fourth-order valence-electron chi connectivity index (χ4n) is 2.81. The second-order valence-electron chi connectivity index (χ2n) is 6.31. The van der Waals surface area contributed by atoms with Crippen molar-refractivity contribution in [3.8, 4) is 0 Å². The van der Waals surface area contributed by atoms with Gasteiger partial charge in [0.1, 0.15) is 0 Å². The first kappa shape index (κ1) is 18.5. The average molecular weight is 270 g/mol. The van der Waals surface area contributed by atoms with E-state index in [0.29, 0.717) is 18.3 Å². The van der Waals surface area contributed by atoms with Gasteiger partial charge in [0.05, 0.1) is 0 Å². The molecule has 2 heteroatoms. The highest BCUT2D eigenvalue weighted by atomic mass is 16.4. The van der Waals surface area contributed by atoms with E-state index < -0.39 is 5.97 Å². The van der Waals surface area contributed by atoms with Crippen LogP contribution in [0.2, 0.25) is 0 Å². The Balaban J connectivity index is 3.33. The van der Waals surface area contributed by atoms with Gasteiger partial charge in [-0.1, -0.05) is 78.6 Å². The van der Waals surface area contributed by atoms with Crippen molar-refractivity contribution in [1.29, 1.82) is 0 Å². The molecule has 0 amide bonds. The summed E-state index contributed by atoms with van der Waals surface area (Å²) in [6, 6.07) is 0. The van der Waals surface area contributed by atoms with Crippen LogP contribution in [0.4, 0.5) is 0 Å². The summed E-state index contributed by atoms with van der Waals surface area (Å²) in [4.78, 5) is 10.6. The molecule has 2 atom stereocenters. The highest BCUT2D eigenvalue weighted by molar-refractivity contribution is 5.66. The number of unbranched alkanes of at least 4 members (excludes halogenated alkanes) is 7. The van der Waals surface area contributed by atoms with Gasteiger partial charge in [-0.25, -0.2) is 0 Å². The zero-order valence-corrected chi connectivity index (χ0v) is 13.3. The molecule has 0 fully saturated rings. The van der Waals surface area contributed by atoms with Crippen LogP contribution < -0.4 is 0 Å². The Morgan fingerprint density at radius 1 is 0.895 bits per heavy atom. The average Bonchev–Trinajstić information content (AvgIpc) is 2.31. The van der Waals surface area contributed by atoms with Gasteiger partial charge < -0.3 is 5.11 Å². The third-order valence-corrected chi connectivity index (χ3v) is 3.88. The van der Waals surface area contributed by atoms with Crippen LogP contribution >= 0.6 is 0 Å². The molecule has 0 radical (unpaired) electrons. The molecule has 19 heavy (non-hydrogen) atoms. The normalized spacial score (nSPS) is 14.3. The summed E-state index contributed by atoms with van der Waals surface area (Å²) >= 11 is 0. The molecular formula is C17H34O2. The van der Waals surface area contributed by atoms with Crippen LogP contribution in [0.1, 0.15) is 91.4 Å². The summed E-state index contributed by atoms with van der Waals surface area (Å²) in [5.74, 6) is 0.336. The Morgan fingerprint density at radius 3 is 1.95 bits per heavy atom. The molecule has 114 valence electrons. The highest BCUT2D eigenvalue weighted by Gasteiger charge is 2.11. The molecule has 0 heterocycles. The van der Waals surface area contributed by atoms with Crippen LogP contribution in [0, 0.1) is 11.8 Å². The summed E-state index contributed by atoms with van der Waals surface area (Å²) in [5.41, 5.74) is 0. The van der Waals surface area contributed by atoms with E-state index in [1.54, 1.807) is 0 Å². The van der Waals surface area contributed by atoms with Gasteiger partial charge in [-0.3, -0.25) is 4.79 Å². The summed E-state index contributed by atoms with van der Waals surface area (Å²) in [6.45, 7) is 6.57. The standard InChI is InChI=1S/C17H34O2/c1-4-5-6-7-8-9-10-11-12-15(2)13-16(3)14-17(18)19/h15-16H,4-14H2,1-3H3,(H,18,19). The number of aliphatic carboxylic acids is 1. The van der Waals surface area contributed by atoms with Crippen molar-refractivity contribution in [3.05, 3.63) is 0 Å². The van der Waals surface area contributed by atoms with E-state index in [1.165, 1.54) is 57.8 Å². The first-order valence-electron chi connectivity index (χ1n) is 8.28. The fourth-order valence-corrected chi connectivity index (χ4v) is 2.81. The van der Waals surface area contributed by atoms with Gasteiger partial charge in [0.25, 0.3) is 0 Å². The lowest BCUT2D eigenvalue weighted by Gasteiger charge is -2.15. The van der Waals surface area contributed by atoms with Crippen molar-refractivity contribution in [2.24, 2.45) is 11.8 Å². The lowest BCUT2D eigenvalue weighted by atomic mass is 9.91. The zero-order valence-electron chi connectivity index (χ0n) is 13.3. The number of carboxylic acids is 1. The Morgan fingerprint density at radius 2 is 1.42 bits per heavy atom. The highest BCUT2D eigenvalue weighted by Crippen LogP contribution is 2.21. The SMILES string of the molecule is CCCCCCCCCCC(C)CC(C)CC(=O)O. The maximum absolute atomic E-state index is 10.6. The van der Waals surface area contributed by atoms with Crippen molar-refractivity contribution >= 4 is 5.97 Å². The number of hydrogen-bond donors (Lipinski definition) is 1. The van der Waals surface area contributed by atoms with Gasteiger partial charge in [-0.2, -0.15) is 0 Å². The Hall–Kier alpha value is -0.530. The van der Waals surface area contributed by atoms with Gasteiger partial charge in [0.15, 0.2) is 0 Å². The first-order chi connectivity index (χ1) is 9.06. The van der Waals surface area contributed by atoms with Crippen molar-refractivity contribution < 1.29 is 9.90 Å². The number of carbonyl (C=O) groups is 1. The molecule has 0 aromatic rings. The van der Waals surface area contributed by atoms with E-state index in [-0.39, 0.29) is 0 Å². The molecule has 0 aliphatic heterocycles. The number of rotatable bonds is 13. The van der Waals surface area contributed by atoms with Gasteiger partial charge in [0.2, 0.25) is 0 Å². The quantitative estimate of drug-likeness (QED) is 0.439. The van der Waals surface area contributed by atoms with E-state index in [9.17, 15) is 4.79 Å². The molecule has 0 rings (SSSR count). The van der Waals surface area contributed by atoms with Crippen molar-refractivity contribution in [3.63, 3.8) is 0 Å². The van der Waals surface area contributed by atoms with Crippen LogP contribution in [-0.4, -0.2) is 11.1 Å². The molecule has 2 nitrogen and oxygen atoms in total. The molecule has 0 saturated carbocycles. The molecule has 0 aliphatic rings. The molecular weight excluding hydrogens is 236 g/mol. The third kappa shape index (κ3) is 13.7. The topological polar surface area (TPSA) is 37.3 Å². The maximum atomic E-state index is 10.6. The van der Waals surface area contributed by atoms with Crippen LogP contribution in [0.3, 0.4) is 0 Å². The molecule has 0 aromatic carbocycles. The minimum absolute atomic E-state index is 0.321. The van der Waals surface area contributed by atoms with E-state index in [4.69, 9.17) is 5.11 Å². The van der Waals surface area contributed by atoms with E-state index in [1.807, 2.05) is 0 Å². The van der Waals surface area contributed by atoms with Crippen molar-refractivity contribution in [2.75, 3.05) is 0 Å². The minimum Gasteiger partial charge on any atom is -0.481 e. The Bertz CT molecular complexity index is 213. The summed E-state index contributed by atoms with van der Waals surface area (Å²) in [5, 5.41) is 8.73. The second-order valence-corrected chi connectivity index (χ2v) is 6.31. The minimum atomic E-state index is -0.660. The lowest BCUT2D eigenvalue weighted by molar-refractivity contribution is -0.138. The third-order valence-electron chi connectivity index (χ3n) is 3.88. The summed E-state index contributed by atoms with van der Waals surface area (Å²) < 4.78 is 0. The molecule has 2 unspecified atom stereocenters. The largest absolute Gasteiger partial charge is 0.481 e. The van der Waals surface area contributed by atoms with Gasteiger partial charge in [-0.15, -0.1) is 0 Å². The molecule has 0 bridgehead atoms. The van der Waals surface area contributed by atoms with Crippen LogP contribution in [-0.2, 0) is 4.79 Å². The molecule has 0 aliphatic carbocycles. The number of carboxylic acid groups (broad SMARTS) is 1. The Kier molecular flexibility index (Phi) is 12.2.